The van der Waals surface area contributed by atoms with Crippen LogP contribution in [0.2, 0.25) is 0 Å². The molecule has 0 bridgehead atoms. The van der Waals surface area contributed by atoms with Gasteiger partial charge in [0.2, 0.25) is 15.9 Å². The molecule has 1 aliphatic rings. The molecule has 0 aliphatic carbocycles. The molecule has 1 atom stereocenters. The maximum absolute atomic E-state index is 13.2. The molecule has 1 unspecified atom stereocenters. The van der Waals surface area contributed by atoms with E-state index in [1.807, 2.05) is 12.1 Å². The second-order valence-corrected chi connectivity index (χ2v) is 9.19. The van der Waals surface area contributed by atoms with Gasteiger partial charge in [0.25, 0.3) is 0 Å². The van der Waals surface area contributed by atoms with Crippen LogP contribution in [0.4, 0.5) is 4.39 Å². The molecule has 3 rings (SSSR count). The average molecular weight is 451 g/mol. The maximum atomic E-state index is 13.2. The molecular weight excluding hydrogens is 423 g/mol. The van der Waals surface area contributed by atoms with Gasteiger partial charge in [-0.05, 0) is 55.2 Å². The van der Waals surface area contributed by atoms with E-state index in [9.17, 15) is 17.6 Å². The van der Waals surface area contributed by atoms with Crippen LogP contribution >= 0.6 is 0 Å². The van der Waals surface area contributed by atoms with E-state index in [0.29, 0.717) is 37.3 Å². The second kappa shape index (κ2) is 10.1. The lowest BCUT2D eigenvalue weighted by Crippen LogP contribution is -2.52. The molecule has 0 radical (unpaired) electrons. The normalized spacial score (nSPS) is 17.2. The number of nitrogens with one attached hydrogen (secondary N) is 1. The number of amides is 1. The molecule has 1 saturated heterocycles. The zero-order valence-electron chi connectivity index (χ0n) is 17.6. The van der Waals surface area contributed by atoms with Crippen LogP contribution in [-0.4, -0.2) is 52.0 Å². The molecule has 9 heteroatoms. The number of hydrogen-bond acceptors (Lipinski definition) is 5. The van der Waals surface area contributed by atoms with Gasteiger partial charge in [0.05, 0.1) is 19.1 Å². The molecule has 2 aromatic rings. The Balaban J connectivity index is 1.68. The fourth-order valence-corrected chi connectivity index (χ4v) is 5.35. The van der Waals surface area contributed by atoms with Crippen molar-refractivity contribution in [3.63, 3.8) is 0 Å². The highest BCUT2D eigenvalue weighted by Crippen LogP contribution is 2.27. The Morgan fingerprint density at radius 2 is 1.87 bits per heavy atom. The number of piperidine rings is 1. The van der Waals surface area contributed by atoms with E-state index >= 15 is 0 Å². The number of methoxy groups -OCH3 is 2. The maximum Gasteiger partial charge on any atom is 0.243 e. The summed E-state index contributed by atoms with van der Waals surface area (Å²) < 4.78 is 51.1. The largest absolute Gasteiger partial charge is 0.497 e. The lowest BCUT2D eigenvalue weighted by molar-refractivity contribution is -0.125. The van der Waals surface area contributed by atoms with Gasteiger partial charge in [0, 0.05) is 19.2 Å². The molecule has 1 aliphatic heterocycles. The molecule has 0 spiro atoms. The van der Waals surface area contributed by atoms with Crippen molar-refractivity contribution in [2.45, 2.75) is 36.6 Å². The number of carbonyl (C=O) groups excluding carboxylic acids is 1. The van der Waals surface area contributed by atoms with Gasteiger partial charge in [0.15, 0.2) is 0 Å². The summed E-state index contributed by atoms with van der Waals surface area (Å²) in [4.78, 5) is 12.8. The first-order valence-electron chi connectivity index (χ1n) is 10.1. The van der Waals surface area contributed by atoms with Crippen molar-refractivity contribution < 1.29 is 27.1 Å². The summed E-state index contributed by atoms with van der Waals surface area (Å²) in [5, 5.41) is 2.85. The molecule has 0 aromatic heterocycles. The summed E-state index contributed by atoms with van der Waals surface area (Å²) in [6.45, 7) is 0.590. The van der Waals surface area contributed by atoms with Crippen LogP contribution < -0.4 is 14.8 Å². The van der Waals surface area contributed by atoms with Crippen molar-refractivity contribution in [1.29, 1.82) is 0 Å². The fraction of sp³-hybridized carbons (Fsp3) is 0.409. The van der Waals surface area contributed by atoms with Crippen molar-refractivity contribution in [3.8, 4) is 11.5 Å². The number of benzene rings is 2. The van der Waals surface area contributed by atoms with Gasteiger partial charge < -0.3 is 14.8 Å². The number of carbonyl (C=O) groups is 1. The van der Waals surface area contributed by atoms with E-state index in [2.05, 4.69) is 5.32 Å². The van der Waals surface area contributed by atoms with Crippen molar-refractivity contribution in [2.24, 2.45) is 0 Å². The van der Waals surface area contributed by atoms with Gasteiger partial charge in [-0.3, -0.25) is 4.79 Å². The first kappa shape index (κ1) is 23.0. The van der Waals surface area contributed by atoms with Crippen LogP contribution in [0.25, 0.3) is 0 Å². The summed E-state index contributed by atoms with van der Waals surface area (Å²) in [5.41, 5.74) is 0.906. The molecule has 1 amide bonds. The SMILES string of the molecule is COc1ccc(CCNC(=O)C2CCCCN2S(=O)(=O)c2ccc(F)cc2)c(OC)c1. The monoisotopic (exact) mass is 450 g/mol. The van der Waals surface area contributed by atoms with E-state index in [4.69, 9.17) is 9.47 Å². The van der Waals surface area contributed by atoms with E-state index in [1.54, 1.807) is 20.3 Å². The van der Waals surface area contributed by atoms with E-state index in [0.717, 1.165) is 24.1 Å². The molecular formula is C22H27FN2O5S. The highest BCUT2D eigenvalue weighted by atomic mass is 32.2. The Bertz CT molecular complexity index is 1010. The molecule has 1 fully saturated rings. The average Bonchev–Trinajstić information content (AvgIpc) is 2.79. The van der Waals surface area contributed by atoms with Crippen LogP contribution in [0.1, 0.15) is 24.8 Å². The van der Waals surface area contributed by atoms with Gasteiger partial charge in [-0.25, -0.2) is 12.8 Å². The molecule has 0 saturated carbocycles. The highest BCUT2D eigenvalue weighted by molar-refractivity contribution is 7.89. The molecule has 2 aromatic carbocycles. The summed E-state index contributed by atoms with van der Waals surface area (Å²) in [6, 6.07) is 9.33. The minimum atomic E-state index is -3.90. The Morgan fingerprint density at radius 1 is 1.13 bits per heavy atom. The third-order valence-corrected chi connectivity index (χ3v) is 7.29. The Morgan fingerprint density at radius 3 is 2.55 bits per heavy atom. The zero-order chi connectivity index (χ0) is 22.4. The van der Waals surface area contributed by atoms with Crippen molar-refractivity contribution in [1.82, 2.24) is 9.62 Å². The number of rotatable bonds is 8. The zero-order valence-corrected chi connectivity index (χ0v) is 18.5. The number of ether oxygens (including phenoxy) is 2. The van der Waals surface area contributed by atoms with Crippen LogP contribution in [0.5, 0.6) is 11.5 Å². The summed E-state index contributed by atoms with van der Waals surface area (Å²) in [5.74, 6) is 0.485. The lowest BCUT2D eigenvalue weighted by Gasteiger charge is -2.33. The van der Waals surface area contributed by atoms with E-state index < -0.39 is 21.9 Å². The van der Waals surface area contributed by atoms with Gasteiger partial charge in [-0.2, -0.15) is 4.31 Å². The number of hydrogen-bond donors (Lipinski definition) is 1. The van der Waals surface area contributed by atoms with E-state index in [-0.39, 0.29) is 17.3 Å². The van der Waals surface area contributed by atoms with Crippen molar-refractivity contribution >= 4 is 15.9 Å². The van der Waals surface area contributed by atoms with E-state index in [1.165, 1.54) is 16.4 Å². The van der Waals surface area contributed by atoms with Crippen molar-refractivity contribution in [3.05, 3.63) is 53.8 Å². The summed E-state index contributed by atoms with van der Waals surface area (Å²) in [6.07, 6.45) is 2.40. The Labute approximate surface area is 182 Å². The predicted octanol–water partition coefficient (Wildman–Crippen LogP) is 2.75. The Hall–Kier alpha value is -2.65. The first-order chi connectivity index (χ1) is 14.9. The standard InChI is InChI=1S/C22H27FN2O5S/c1-29-18-9-6-16(21(15-18)30-2)12-13-24-22(26)20-5-3-4-14-25(20)31(27,28)19-10-7-17(23)8-11-19/h6-11,15,20H,3-5,12-14H2,1-2H3,(H,24,26). The fourth-order valence-electron chi connectivity index (χ4n) is 3.69. The summed E-state index contributed by atoms with van der Waals surface area (Å²) in [7, 11) is -0.756. The topological polar surface area (TPSA) is 84.9 Å². The molecule has 1 N–H and O–H groups in total. The number of sulfonamides is 1. The smallest absolute Gasteiger partial charge is 0.243 e. The minimum absolute atomic E-state index is 0.0171. The lowest BCUT2D eigenvalue weighted by atomic mass is 10.0. The molecule has 1 heterocycles. The number of nitrogens with zero attached hydrogens (tertiary/aromatic N) is 1. The van der Waals surface area contributed by atoms with Gasteiger partial charge >= 0.3 is 0 Å². The molecule has 168 valence electrons. The third kappa shape index (κ3) is 5.34. The highest BCUT2D eigenvalue weighted by Gasteiger charge is 2.37. The van der Waals surface area contributed by atoms with Gasteiger partial charge in [-0.15, -0.1) is 0 Å². The quantitative estimate of drug-likeness (QED) is 0.669. The van der Waals surface area contributed by atoms with Crippen LogP contribution in [0, 0.1) is 5.82 Å². The predicted molar refractivity (Wildman–Crippen MR) is 114 cm³/mol. The van der Waals surface area contributed by atoms with Crippen molar-refractivity contribution in [2.75, 3.05) is 27.3 Å². The Kier molecular flexibility index (Phi) is 7.50. The third-order valence-electron chi connectivity index (χ3n) is 5.36. The second-order valence-electron chi connectivity index (χ2n) is 7.30. The first-order valence-corrected chi connectivity index (χ1v) is 11.6. The molecule has 31 heavy (non-hydrogen) atoms. The summed E-state index contributed by atoms with van der Waals surface area (Å²) >= 11 is 0. The number of halogens is 1. The van der Waals surface area contributed by atoms with Crippen LogP contribution in [0.15, 0.2) is 47.4 Å². The van der Waals surface area contributed by atoms with Gasteiger partial charge in [-0.1, -0.05) is 12.5 Å². The van der Waals surface area contributed by atoms with Gasteiger partial charge in [0.1, 0.15) is 23.4 Å². The minimum Gasteiger partial charge on any atom is -0.497 e. The van der Waals surface area contributed by atoms with Crippen LogP contribution in [-0.2, 0) is 21.2 Å². The van der Waals surface area contributed by atoms with Crippen LogP contribution in [0.3, 0.4) is 0 Å². The molecule has 7 nitrogen and oxygen atoms in total.